The lowest BCUT2D eigenvalue weighted by Gasteiger charge is -2.06. The Bertz CT molecular complexity index is 1010. The first-order valence-electron chi connectivity index (χ1n) is 7.53. The van der Waals surface area contributed by atoms with Gasteiger partial charge >= 0.3 is 0 Å². The summed E-state index contributed by atoms with van der Waals surface area (Å²) in [5, 5.41) is 8.99. The molecule has 0 fully saturated rings. The number of aryl methyl sites for hydroxylation is 1. The van der Waals surface area contributed by atoms with Crippen molar-refractivity contribution in [1.29, 1.82) is 0 Å². The number of hydrazone groups is 1. The molecule has 0 aliphatic heterocycles. The average molecular weight is 352 g/mol. The molecule has 7 heteroatoms. The number of benzene rings is 2. The molecular weight excluding hydrogens is 336 g/mol. The lowest BCUT2D eigenvalue weighted by Crippen LogP contribution is -2.27. The van der Waals surface area contributed by atoms with Gasteiger partial charge in [-0.3, -0.25) is 9.59 Å². The molecule has 0 unspecified atom stereocenters. The third kappa shape index (κ3) is 3.61. The van der Waals surface area contributed by atoms with Gasteiger partial charge in [0.05, 0.1) is 11.6 Å². The minimum absolute atomic E-state index is 0.160. The van der Waals surface area contributed by atoms with Gasteiger partial charge in [-0.15, -0.1) is 11.8 Å². The molecule has 1 heterocycles. The Morgan fingerprint density at radius 1 is 1.16 bits per heavy atom. The fraction of sp³-hybridized carbons (Fsp3) is 0.111. The van der Waals surface area contributed by atoms with E-state index < -0.39 is 5.91 Å². The van der Waals surface area contributed by atoms with Crippen molar-refractivity contribution in [2.75, 3.05) is 6.26 Å². The number of carbonyl (C=O) groups excluding carboxylic acids is 1. The number of rotatable bonds is 4. The number of hydrogen-bond donors (Lipinski definition) is 1. The van der Waals surface area contributed by atoms with Crippen molar-refractivity contribution >= 4 is 34.7 Å². The highest BCUT2D eigenvalue weighted by atomic mass is 32.2. The van der Waals surface area contributed by atoms with Gasteiger partial charge in [-0.1, -0.05) is 30.3 Å². The molecule has 0 saturated heterocycles. The molecule has 1 amide bonds. The number of nitrogens with one attached hydrogen (secondary N) is 1. The smallest absolute Gasteiger partial charge is 0.267 e. The van der Waals surface area contributed by atoms with Crippen LogP contribution in [0.25, 0.3) is 10.8 Å². The van der Waals surface area contributed by atoms with Gasteiger partial charge in [0.1, 0.15) is 0 Å². The van der Waals surface area contributed by atoms with Gasteiger partial charge in [-0.05, 0) is 30.0 Å². The summed E-state index contributed by atoms with van der Waals surface area (Å²) in [7, 11) is 1.52. The van der Waals surface area contributed by atoms with E-state index in [9.17, 15) is 9.59 Å². The normalized spacial score (nSPS) is 11.1. The molecule has 6 nitrogen and oxygen atoms in total. The average Bonchev–Trinajstić information content (AvgIpc) is 2.65. The van der Waals surface area contributed by atoms with Gasteiger partial charge in [0, 0.05) is 17.3 Å². The zero-order chi connectivity index (χ0) is 17.8. The Balaban J connectivity index is 1.84. The Hall–Kier alpha value is -2.93. The molecule has 3 aromatic rings. The minimum Gasteiger partial charge on any atom is -0.267 e. The van der Waals surface area contributed by atoms with Crippen molar-refractivity contribution in [1.82, 2.24) is 15.2 Å². The van der Waals surface area contributed by atoms with Crippen LogP contribution in [-0.2, 0) is 7.05 Å². The van der Waals surface area contributed by atoms with Crippen molar-refractivity contribution < 1.29 is 4.79 Å². The Labute approximate surface area is 148 Å². The van der Waals surface area contributed by atoms with Crippen LogP contribution in [0.1, 0.15) is 16.1 Å². The molecule has 0 radical (unpaired) electrons. The van der Waals surface area contributed by atoms with Crippen molar-refractivity contribution in [3.8, 4) is 0 Å². The van der Waals surface area contributed by atoms with Gasteiger partial charge in [0.2, 0.25) is 0 Å². The highest BCUT2D eigenvalue weighted by Gasteiger charge is 2.14. The Morgan fingerprint density at radius 2 is 1.84 bits per heavy atom. The zero-order valence-electron chi connectivity index (χ0n) is 13.8. The summed E-state index contributed by atoms with van der Waals surface area (Å²) in [4.78, 5) is 25.7. The summed E-state index contributed by atoms with van der Waals surface area (Å²) in [6.07, 6.45) is 3.57. The highest BCUT2D eigenvalue weighted by molar-refractivity contribution is 7.98. The maximum absolute atomic E-state index is 12.4. The maximum atomic E-state index is 12.4. The number of carbonyl (C=O) groups is 1. The lowest BCUT2D eigenvalue weighted by molar-refractivity contribution is 0.0950. The zero-order valence-corrected chi connectivity index (χ0v) is 14.6. The van der Waals surface area contributed by atoms with Crippen molar-refractivity contribution in [2.45, 2.75) is 4.90 Å². The summed E-state index contributed by atoms with van der Waals surface area (Å²) in [6, 6.07) is 14.7. The third-order valence-electron chi connectivity index (χ3n) is 3.67. The molecule has 25 heavy (non-hydrogen) atoms. The van der Waals surface area contributed by atoms with Crippen LogP contribution in [0.3, 0.4) is 0 Å². The Morgan fingerprint density at radius 3 is 2.52 bits per heavy atom. The molecule has 0 aliphatic carbocycles. The van der Waals surface area contributed by atoms with Crippen LogP contribution in [0.4, 0.5) is 0 Å². The largest absolute Gasteiger partial charge is 0.292 e. The standard InChI is InChI=1S/C18H16N4O2S/c1-22-18(24)15-6-4-3-5-14(15)16(21-22)17(23)20-19-11-12-7-9-13(25-2)10-8-12/h3-11H,1-2H3,(H,20,23)/b19-11+. The maximum Gasteiger partial charge on any atom is 0.292 e. The second-order valence-corrected chi connectivity index (χ2v) is 6.17. The van der Waals surface area contributed by atoms with Crippen LogP contribution in [0.15, 0.2) is 63.3 Å². The van der Waals surface area contributed by atoms with E-state index >= 15 is 0 Å². The first-order valence-corrected chi connectivity index (χ1v) is 8.76. The first kappa shape index (κ1) is 16.9. The molecular formula is C18H16N4O2S. The van der Waals surface area contributed by atoms with Crippen LogP contribution in [-0.4, -0.2) is 28.2 Å². The van der Waals surface area contributed by atoms with Crippen LogP contribution >= 0.6 is 11.8 Å². The number of aromatic nitrogens is 2. The van der Waals surface area contributed by atoms with Gasteiger partial charge in [0.15, 0.2) is 5.69 Å². The van der Waals surface area contributed by atoms with Crippen LogP contribution in [0, 0.1) is 0 Å². The van der Waals surface area contributed by atoms with Crippen molar-refractivity contribution in [3.05, 3.63) is 70.1 Å². The molecule has 0 spiro atoms. The SMILES string of the molecule is CSc1ccc(/C=N/NC(=O)c2nn(C)c(=O)c3ccccc23)cc1. The number of nitrogens with zero attached hydrogens (tertiary/aromatic N) is 3. The second-order valence-electron chi connectivity index (χ2n) is 5.30. The monoisotopic (exact) mass is 352 g/mol. The van der Waals surface area contributed by atoms with E-state index in [1.165, 1.54) is 7.05 Å². The molecule has 3 rings (SSSR count). The number of amides is 1. The van der Waals surface area contributed by atoms with Gasteiger partial charge in [-0.2, -0.15) is 10.2 Å². The molecule has 1 N–H and O–H groups in total. The molecule has 0 bridgehead atoms. The van der Waals surface area contributed by atoms with E-state index in [4.69, 9.17) is 0 Å². The summed E-state index contributed by atoms with van der Waals surface area (Å²) < 4.78 is 1.15. The van der Waals surface area contributed by atoms with E-state index in [1.807, 2.05) is 30.5 Å². The van der Waals surface area contributed by atoms with Crippen molar-refractivity contribution in [3.63, 3.8) is 0 Å². The summed E-state index contributed by atoms with van der Waals surface area (Å²) >= 11 is 1.66. The predicted molar refractivity (Wildman–Crippen MR) is 100 cm³/mol. The predicted octanol–water partition coefficient (Wildman–Crippen LogP) is 2.42. The van der Waals surface area contributed by atoms with Gasteiger partial charge in [0.25, 0.3) is 11.5 Å². The first-order chi connectivity index (χ1) is 12.1. The van der Waals surface area contributed by atoms with E-state index in [1.54, 1.807) is 42.2 Å². The van der Waals surface area contributed by atoms with Crippen molar-refractivity contribution in [2.24, 2.45) is 12.1 Å². The number of fused-ring (bicyclic) bond motifs is 1. The van der Waals surface area contributed by atoms with Crippen LogP contribution in [0.2, 0.25) is 0 Å². The summed E-state index contributed by atoms with van der Waals surface area (Å²) in [6.45, 7) is 0. The van der Waals surface area contributed by atoms with Gasteiger partial charge < -0.3 is 0 Å². The summed E-state index contributed by atoms with van der Waals surface area (Å²) in [5.74, 6) is -0.469. The number of thioether (sulfide) groups is 1. The molecule has 0 saturated carbocycles. The fourth-order valence-electron chi connectivity index (χ4n) is 2.38. The molecule has 126 valence electrons. The molecule has 1 aromatic heterocycles. The van der Waals surface area contributed by atoms with Crippen LogP contribution < -0.4 is 11.0 Å². The highest BCUT2D eigenvalue weighted by Crippen LogP contribution is 2.14. The number of hydrogen-bond acceptors (Lipinski definition) is 5. The fourth-order valence-corrected chi connectivity index (χ4v) is 2.78. The van der Waals surface area contributed by atoms with E-state index in [0.29, 0.717) is 10.8 Å². The summed E-state index contributed by atoms with van der Waals surface area (Å²) in [5.41, 5.74) is 3.25. The Kier molecular flexibility index (Phi) is 4.95. The third-order valence-corrected chi connectivity index (χ3v) is 4.41. The minimum atomic E-state index is -0.469. The van der Waals surface area contributed by atoms with E-state index in [-0.39, 0.29) is 11.3 Å². The van der Waals surface area contributed by atoms with Gasteiger partial charge in [-0.25, -0.2) is 10.1 Å². The van der Waals surface area contributed by atoms with Crippen LogP contribution in [0.5, 0.6) is 0 Å². The van der Waals surface area contributed by atoms with E-state index in [0.717, 1.165) is 15.1 Å². The lowest BCUT2D eigenvalue weighted by atomic mass is 10.1. The topological polar surface area (TPSA) is 76.3 Å². The molecule has 0 atom stereocenters. The van der Waals surface area contributed by atoms with E-state index in [2.05, 4.69) is 15.6 Å². The molecule has 0 aliphatic rings. The quantitative estimate of drug-likeness (QED) is 0.444. The molecule has 2 aromatic carbocycles. The second kappa shape index (κ2) is 7.31.